The van der Waals surface area contributed by atoms with Gasteiger partial charge in [0.15, 0.2) is 0 Å². The average molecular weight is 235 g/mol. The van der Waals surface area contributed by atoms with Crippen molar-refractivity contribution in [3.8, 4) is 0 Å². The second-order valence-corrected chi connectivity index (χ2v) is 4.76. The number of amides is 1. The zero-order valence-electron chi connectivity index (χ0n) is 10.5. The van der Waals surface area contributed by atoms with E-state index in [2.05, 4.69) is 5.32 Å². The van der Waals surface area contributed by atoms with E-state index in [0.29, 0.717) is 5.56 Å². The topological polar surface area (TPSA) is 66.4 Å². The molecule has 1 amide bonds. The lowest BCUT2D eigenvalue weighted by molar-refractivity contribution is -0.143. The fourth-order valence-electron chi connectivity index (χ4n) is 1.52. The van der Waals surface area contributed by atoms with Gasteiger partial charge in [-0.2, -0.15) is 0 Å². The van der Waals surface area contributed by atoms with Crippen LogP contribution in [-0.4, -0.2) is 22.5 Å². The summed E-state index contributed by atoms with van der Waals surface area (Å²) in [5, 5.41) is 11.4. The van der Waals surface area contributed by atoms with E-state index in [1.807, 2.05) is 19.9 Å². The van der Waals surface area contributed by atoms with Crippen LogP contribution in [0.25, 0.3) is 0 Å². The summed E-state index contributed by atoms with van der Waals surface area (Å²) in [6.07, 6.45) is 0. The summed E-state index contributed by atoms with van der Waals surface area (Å²) in [6, 6.07) is 5.43. The highest BCUT2D eigenvalue weighted by Crippen LogP contribution is 2.11. The second kappa shape index (κ2) is 4.57. The summed E-state index contributed by atoms with van der Waals surface area (Å²) in [7, 11) is 0. The van der Waals surface area contributed by atoms with Crippen LogP contribution in [0.5, 0.6) is 0 Å². The molecule has 0 aromatic heterocycles. The number of aryl methyl sites for hydroxylation is 2. The van der Waals surface area contributed by atoms with Crippen molar-refractivity contribution in [3.05, 3.63) is 34.9 Å². The predicted octanol–water partition coefficient (Wildman–Crippen LogP) is 1.90. The van der Waals surface area contributed by atoms with Gasteiger partial charge in [-0.15, -0.1) is 0 Å². The summed E-state index contributed by atoms with van der Waals surface area (Å²) in [5.74, 6) is -1.43. The molecule has 0 aliphatic carbocycles. The molecule has 0 saturated carbocycles. The van der Waals surface area contributed by atoms with Gasteiger partial charge >= 0.3 is 5.97 Å². The number of carboxylic acid groups (broad SMARTS) is 1. The van der Waals surface area contributed by atoms with Crippen molar-refractivity contribution in [1.29, 1.82) is 0 Å². The molecule has 0 aliphatic heterocycles. The van der Waals surface area contributed by atoms with E-state index in [-0.39, 0.29) is 5.91 Å². The average Bonchev–Trinajstić information content (AvgIpc) is 2.15. The van der Waals surface area contributed by atoms with Crippen LogP contribution in [-0.2, 0) is 4.79 Å². The minimum absolute atomic E-state index is 0.371. The highest BCUT2D eigenvalue weighted by molar-refractivity contribution is 5.97. The fraction of sp³-hybridized carbons (Fsp3) is 0.385. The zero-order chi connectivity index (χ0) is 13.2. The van der Waals surface area contributed by atoms with Crippen molar-refractivity contribution in [1.82, 2.24) is 5.32 Å². The minimum atomic E-state index is -1.27. The molecule has 0 atom stereocenters. The Balaban J connectivity index is 2.94. The lowest BCUT2D eigenvalue weighted by Crippen LogP contribution is -2.49. The van der Waals surface area contributed by atoms with Crippen LogP contribution in [0.4, 0.5) is 0 Å². The maximum Gasteiger partial charge on any atom is 0.328 e. The number of carbonyl (C=O) groups is 2. The number of aliphatic carboxylic acids is 1. The van der Waals surface area contributed by atoms with Crippen LogP contribution in [0.15, 0.2) is 18.2 Å². The number of rotatable bonds is 3. The highest BCUT2D eigenvalue weighted by Gasteiger charge is 2.29. The fourth-order valence-corrected chi connectivity index (χ4v) is 1.52. The van der Waals surface area contributed by atoms with Crippen LogP contribution < -0.4 is 5.32 Å². The molecule has 4 heteroatoms. The molecule has 1 aromatic rings. The van der Waals surface area contributed by atoms with Gasteiger partial charge in [0.2, 0.25) is 0 Å². The molecule has 0 fully saturated rings. The van der Waals surface area contributed by atoms with E-state index in [1.165, 1.54) is 13.8 Å². The van der Waals surface area contributed by atoms with Crippen molar-refractivity contribution in [2.45, 2.75) is 33.2 Å². The van der Waals surface area contributed by atoms with Gasteiger partial charge in [0.1, 0.15) is 5.54 Å². The van der Waals surface area contributed by atoms with Crippen LogP contribution in [0.1, 0.15) is 35.3 Å². The molecule has 0 saturated heterocycles. The number of hydrogen-bond donors (Lipinski definition) is 2. The molecule has 2 N–H and O–H groups in total. The molecule has 17 heavy (non-hydrogen) atoms. The summed E-state index contributed by atoms with van der Waals surface area (Å²) in [6.45, 7) is 6.70. The summed E-state index contributed by atoms with van der Waals surface area (Å²) < 4.78 is 0. The first kappa shape index (κ1) is 13.2. The van der Waals surface area contributed by atoms with Crippen LogP contribution in [0.3, 0.4) is 0 Å². The normalized spacial score (nSPS) is 11.1. The van der Waals surface area contributed by atoms with Gasteiger partial charge < -0.3 is 10.4 Å². The van der Waals surface area contributed by atoms with Gasteiger partial charge in [-0.3, -0.25) is 4.79 Å². The molecular formula is C13H17NO3. The Morgan fingerprint density at radius 2 is 1.59 bits per heavy atom. The van der Waals surface area contributed by atoms with E-state index in [0.717, 1.165) is 11.1 Å². The molecule has 1 rings (SSSR count). The maximum absolute atomic E-state index is 11.9. The number of nitrogens with one attached hydrogen (secondary N) is 1. The van der Waals surface area contributed by atoms with Crippen LogP contribution >= 0.6 is 0 Å². The lowest BCUT2D eigenvalue weighted by Gasteiger charge is -2.21. The Morgan fingerprint density at radius 1 is 1.12 bits per heavy atom. The van der Waals surface area contributed by atoms with Crippen LogP contribution in [0, 0.1) is 13.8 Å². The van der Waals surface area contributed by atoms with Gasteiger partial charge in [0.25, 0.3) is 5.91 Å². The first-order chi connectivity index (χ1) is 7.72. The van der Waals surface area contributed by atoms with Crippen molar-refractivity contribution < 1.29 is 14.7 Å². The Bertz CT molecular complexity index is 443. The Morgan fingerprint density at radius 3 is 2.00 bits per heavy atom. The predicted molar refractivity (Wildman–Crippen MR) is 65.1 cm³/mol. The number of carbonyl (C=O) groups excluding carboxylic acids is 1. The lowest BCUT2D eigenvalue weighted by atomic mass is 10.0. The second-order valence-electron chi connectivity index (χ2n) is 4.76. The third kappa shape index (κ3) is 3.31. The summed E-state index contributed by atoms with van der Waals surface area (Å²) >= 11 is 0. The highest BCUT2D eigenvalue weighted by atomic mass is 16.4. The molecule has 0 bridgehead atoms. The first-order valence-electron chi connectivity index (χ1n) is 5.36. The zero-order valence-corrected chi connectivity index (χ0v) is 10.5. The van der Waals surface area contributed by atoms with Crippen molar-refractivity contribution in [3.63, 3.8) is 0 Å². The third-order valence-electron chi connectivity index (χ3n) is 2.44. The quantitative estimate of drug-likeness (QED) is 0.840. The van der Waals surface area contributed by atoms with Gasteiger partial charge in [-0.05, 0) is 39.8 Å². The van der Waals surface area contributed by atoms with E-state index in [9.17, 15) is 9.59 Å². The SMILES string of the molecule is Cc1cc(C)cc(C(=O)NC(C)(C)C(=O)O)c1. The number of benzene rings is 1. The maximum atomic E-state index is 11.9. The molecular weight excluding hydrogens is 218 g/mol. The molecule has 4 nitrogen and oxygen atoms in total. The summed E-state index contributed by atoms with van der Waals surface area (Å²) in [5.41, 5.74) is 1.16. The molecule has 0 aliphatic rings. The monoisotopic (exact) mass is 235 g/mol. The van der Waals surface area contributed by atoms with E-state index in [1.54, 1.807) is 12.1 Å². The van der Waals surface area contributed by atoms with Gasteiger partial charge in [0.05, 0.1) is 0 Å². The largest absolute Gasteiger partial charge is 0.480 e. The molecule has 0 radical (unpaired) electrons. The van der Waals surface area contributed by atoms with E-state index < -0.39 is 11.5 Å². The van der Waals surface area contributed by atoms with Gasteiger partial charge in [-0.25, -0.2) is 4.79 Å². The number of carboxylic acids is 1. The van der Waals surface area contributed by atoms with Crippen molar-refractivity contribution >= 4 is 11.9 Å². The molecule has 0 unspecified atom stereocenters. The Labute approximate surface area is 101 Å². The molecule has 0 spiro atoms. The van der Waals surface area contributed by atoms with Crippen molar-refractivity contribution in [2.75, 3.05) is 0 Å². The Hall–Kier alpha value is -1.84. The molecule has 1 aromatic carbocycles. The smallest absolute Gasteiger partial charge is 0.328 e. The Kier molecular flexibility index (Phi) is 3.56. The molecule has 0 heterocycles. The first-order valence-corrected chi connectivity index (χ1v) is 5.36. The molecule has 92 valence electrons. The van der Waals surface area contributed by atoms with Crippen LogP contribution in [0.2, 0.25) is 0 Å². The van der Waals surface area contributed by atoms with Crippen molar-refractivity contribution in [2.24, 2.45) is 0 Å². The van der Waals surface area contributed by atoms with E-state index in [4.69, 9.17) is 5.11 Å². The summed E-state index contributed by atoms with van der Waals surface area (Å²) in [4.78, 5) is 22.8. The van der Waals surface area contributed by atoms with Gasteiger partial charge in [-0.1, -0.05) is 17.2 Å². The van der Waals surface area contributed by atoms with E-state index >= 15 is 0 Å². The third-order valence-corrected chi connectivity index (χ3v) is 2.44. The standard InChI is InChI=1S/C13H17NO3/c1-8-5-9(2)7-10(6-8)11(15)14-13(3,4)12(16)17/h5-7H,1-4H3,(H,14,15)(H,16,17). The minimum Gasteiger partial charge on any atom is -0.480 e. The number of hydrogen-bond acceptors (Lipinski definition) is 2. The van der Waals surface area contributed by atoms with Gasteiger partial charge in [0, 0.05) is 5.56 Å².